The normalized spacial score (nSPS) is 10.2. The van der Waals surface area contributed by atoms with E-state index in [0.29, 0.717) is 5.56 Å². The van der Waals surface area contributed by atoms with Gasteiger partial charge in [0.15, 0.2) is 0 Å². The maximum absolute atomic E-state index is 11.8. The summed E-state index contributed by atoms with van der Waals surface area (Å²) in [5, 5.41) is 3.33. The van der Waals surface area contributed by atoms with Crippen LogP contribution >= 0.6 is 0 Å². The molecular weight excluding hydrogens is 274 g/mol. The lowest BCUT2D eigenvalue weighted by Gasteiger charge is -2.15. The van der Waals surface area contributed by atoms with E-state index in [9.17, 15) is 4.79 Å². The van der Waals surface area contributed by atoms with Gasteiger partial charge in [-0.3, -0.25) is 9.78 Å². The molecule has 0 spiro atoms. The van der Waals surface area contributed by atoms with Gasteiger partial charge >= 0.3 is 0 Å². The van der Waals surface area contributed by atoms with Crippen LogP contribution in [0.4, 0.5) is 11.4 Å². The highest BCUT2D eigenvalue weighted by Crippen LogP contribution is 2.33. The molecule has 0 bridgehead atoms. The van der Waals surface area contributed by atoms with Crippen molar-refractivity contribution in [3.63, 3.8) is 0 Å². The lowest BCUT2D eigenvalue weighted by atomic mass is 9.98. The number of rotatable bonds is 4. The minimum atomic E-state index is -0.462. The van der Waals surface area contributed by atoms with Crippen LogP contribution in [0.3, 0.4) is 0 Å². The van der Waals surface area contributed by atoms with Crippen molar-refractivity contribution in [3.05, 3.63) is 78.6 Å². The van der Waals surface area contributed by atoms with Crippen LogP contribution in [0.1, 0.15) is 10.4 Å². The molecule has 0 aliphatic rings. The molecule has 1 amide bonds. The monoisotopic (exact) mass is 289 g/mol. The van der Waals surface area contributed by atoms with E-state index in [4.69, 9.17) is 5.73 Å². The van der Waals surface area contributed by atoms with E-state index >= 15 is 0 Å². The summed E-state index contributed by atoms with van der Waals surface area (Å²) in [4.78, 5) is 15.9. The zero-order chi connectivity index (χ0) is 15.4. The summed E-state index contributed by atoms with van der Waals surface area (Å²) in [5.41, 5.74) is 9.35. The number of aromatic nitrogens is 1. The molecule has 108 valence electrons. The third kappa shape index (κ3) is 2.81. The van der Waals surface area contributed by atoms with Crippen molar-refractivity contribution >= 4 is 17.3 Å². The fraction of sp³-hybridized carbons (Fsp3) is 0. The van der Waals surface area contributed by atoms with Gasteiger partial charge in [0.1, 0.15) is 0 Å². The second kappa shape index (κ2) is 6.10. The molecule has 1 aromatic heterocycles. The average Bonchev–Trinajstić information content (AvgIpc) is 2.56. The van der Waals surface area contributed by atoms with E-state index in [2.05, 4.69) is 10.3 Å². The number of hydrogen-bond acceptors (Lipinski definition) is 3. The van der Waals surface area contributed by atoms with E-state index < -0.39 is 5.91 Å². The van der Waals surface area contributed by atoms with Crippen molar-refractivity contribution in [2.24, 2.45) is 5.73 Å². The van der Waals surface area contributed by atoms with Gasteiger partial charge in [-0.25, -0.2) is 0 Å². The molecule has 2 aromatic carbocycles. The number of hydrogen-bond donors (Lipinski definition) is 2. The first-order valence-electron chi connectivity index (χ1n) is 6.91. The standard InChI is InChI=1S/C18H15N3O/c19-18(22)15-9-4-10-16(21-14-7-2-1-3-8-14)17(15)13-6-5-11-20-12-13/h1-12,21H,(H2,19,22). The van der Waals surface area contributed by atoms with Crippen molar-refractivity contribution in [2.45, 2.75) is 0 Å². The topological polar surface area (TPSA) is 68.0 Å². The van der Waals surface area contributed by atoms with Crippen LogP contribution in [0.25, 0.3) is 11.1 Å². The molecule has 3 N–H and O–H groups in total. The molecule has 0 aliphatic carbocycles. The molecule has 3 aromatic rings. The Hall–Kier alpha value is -3.14. The second-order valence-electron chi connectivity index (χ2n) is 4.83. The zero-order valence-corrected chi connectivity index (χ0v) is 11.9. The van der Waals surface area contributed by atoms with Crippen LogP contribution in [-0.2, 0) is 0 Å². The molecular formula is C18H15N3O. The third-order valence-corrected chi connectivity index (χ3v) is 3.33. The van der Waals surface area contributed by atoms with E-state index in [-0.39, 0.29) is 0 Å². The summed E-state index contributed by atoms with van der Waals surface area (Å²) < 4.78 is 0. The number of carbonyl (C=O) groups excluding carboxylic acids is 1. The molecule has 0 atom stereocenters. The number of nitrogens with one attached hydrogen (secondary N) is 1. The molecule has 0 fully saturated rings. The number of amides is 1. The molecule has 0 saturated carbocycles. The predicted molar refractivity (Wildman–Crippen MR) is 87.9 cm³/mol. The fourth-order valence-electron chi connectivity index (χ4n) is 2.36. The van der Waals surface area contributed by atoms with Gasteiger partial charge in [0.05, 0.1) is 0 Å². The Morgan fingerprint density at radius 3 is 2.45 bits per heavy atom. The first kappa shape index (κ1) is 13.8. The number of benzene rings is 2. The quantitative estimate of drug-likeness (QED) is 0.771. The summed E-state index contributed by atoms with van der Waals surface area (Å²) in [7, 11) is 0. The van der Waals surface area contributed by atoms with Crippen molar-refractivity contribution in [2.75, 3.05) is 5.32 Å². The van der Waals surface area contributed by atoms with E-state index in [1.54, 1.807) is 18.5 Å². The summed E-state index contributed by atoms with van der Waals surface area (Å²) in [6.45, 7) is 0. The van der Waals surface area contributed by atoms with Crippen LogP contribution in [0.2, 0.25) is 0 Å². The SMILES string of the molecule is NC(=O)c1cccc(Nc2ccccc2)c1-c1cccnc1. The Morgan fingerprint density at radius 1 is 0.955 bits per heavy atom. The number of para-hydroxylation sites is 1. The Balaban J connectivity index is 2.14. The van der Waals surface area contributed by atoms with Crippen LogP contribution in [0.15, 0.2) is 73.1 Å². The van der Waals surface area contributed by atoms with Crippen LogP contribution in [0, 0.1) is 0 Å². The van der Waals surface area contributed by atoms with E-state index in [1.165, 1.54) is 0 Å². The van der Waals surface area contributed by atoms with Gasteiger partial charge in [-0.1, -0.05) is 30.3 Å². The Morgan fingerprint density at radius 2 is 1.77 bits per heavy atom. The molecule has 22 heavy (non-hydrogen) atoms. The average molecular weight is 289 g/mol. The molecule has 0 radical (unpaired) electrons. The molecule has 0 unspecified atom stereocenters. The van der Waals surface area contributed by atoms with Crippen molar-refractivity contribution < 1.29 is 4.79 Å². The van der Waals surface area contributed by atoms with Crippen LogP contribution in [0.5, 0.6) is 0 Å². The molecule has 0 aliphatic heterocycles. The third-order valence-electron chi connectivity index (χ3n) is 3.33. The Bertz CT molecular complexity index is 786. The summed E-state index contributed by atoms with van der Waals surface area (Å²) in [6, 6.07) is 19.0. The van der Waals surface area contributed by atoms with E-state index in [1.807, 2.05) is 54.6 Å². The minimum absolute atomic E-state index is 0.462. The van der Waals surface area contributed by atoms with Crippen molar-refractivity contribution in [3.8, 4) is 11.1 Å². The van der Waals surface area contributed by atoms with Gasteiger partial charge in [0.2, 0.25) is 5.91 Å². The van der Waals surface area contributed by atoms with E-state index in [0.717, 1.165) is 22.5 Å². The zero-order valence-electron chi connectivity index (χ0n) is 11.9. The minimum Gasteiger partial charge on any atom is -0.366 e. The Labute approximate surface area is 128 Å². The van der Waals surface area contributed by atoms with Crippen LogP contribution in [-0.4, -0.2) is 10.9 Å². The highest BCUT2D eigenvalue weighted by Gasteiger charge is 2.14. The molecule has 3 rings (SSSR count). The maximum Gasteiger partial charge on any atom is 0.249 e. The van der Waals surface area contributed by atoms with Crippen molar-refractivity contribution in [1.29, 1.82) is 0 Å². The smallest absolute Gasteiger partial charge is 0.249 e. The molecule has 0 saturated heterocycles. The largest absolute Gasteiger partial charge is 0.366 e. The molecule has 1 heterocycles. The number of pyridine rings is 1. The number of nitrogens with zero attached hydrogens (tertiary/aromatic N) is 1. The van der Waals surface area contributed by atoms with Gasteiger partial charge in [-0.15, -0.1) is 0 Å². The molecule has 4 heteroatoms. The highest BCUT2D eigenvalue weighted by atomic mass is 16.1. The van der Waals surface area contributed by atoms with Gasteiger partial charge in [-0.2, -0.15) is 0 Å². The first-order chi connectivity index (χ1) is 10.8. The number of primary amides is 1. The van der Waals surface area contributed by atoms with Gasteiger partial charge in [0, 0.05) is 40.5 Å². The van der Waals surface area contributed by atoms with Gasteiger partial charge in [0.25, 0.3) is 0 Å². The lowest BCUT2D eigenvalue weighted by Crippen LogP contribution is -2.13. The predicted octanol–water partition coefficient (Wildman–Crippen LogP) is 3.59. The lowest BCUT2D eigenvalue weighted by molar-refractivity contribution is 0.100. The van der Waals surface area contributed by atoms with Crippen molar-refractivity contribution in [1.82, 2.24) is 4.98 Å². The fourth-order valence-corrected chi connectivity index (χ4v) is 2.36. The number of nitrogens with two attached hydrogens (primary N) is 1. The summed E-state index contributed by atoms with van der Waals surface area (Å²) in [5.74, 6) is -0.462. The van der Waals surface area contributed by atoms with Crippen LogP contribution < -0.4 is 11.1 Å². The van der Waals surface area contributed by atoms with Gasteiger partial charge < -0.3 is 11.1 Å². The molecule has 4 nitrogen and oxygen atoms in total. The summed E-state index contributed by atoms with van der Waals surface area (Å²) in [6.07, 6.45) is 3.42. The summed E-state index contributed by atoms with van der Waals surface area (Å²) >= 11 is 0. The maximum atomic E-state index is 11.8. The highest BCUT2D eigenvalue weighted by molar-refractivity contribution is 6.03. The van der Waals surface area contributed by atoms with Gasteiger partial charge in [-0.05, 0) is 30.3 Å². The number of anilines is 2. The second-order valence-corrected chi connectivity index (χ2v) is 4.83. The Kier molecular flexibility index (Phi) is 3.83. The first-order valence-corrected chi connectivity index (χ1v) is 6.91. The number of carbonyl (C=O) groups is 1.